The first-order valence-corrected chi connectivity index (χ1v) is 6.74. The summed E-state index contributed by atoms with van der Waals surface area (Å²) in [7, 11) is 1.70. The van der Waals surface area contributed by atoms with Gasteiger partial charge in [0.2, 0.25) is 5.89 Å². The van der Waals surface area contributed by atoms with Gasteiger partial charge in [0.25, 0.3) is 0 Å². The quantitative estimate of drug-likeness (QED) is 0.910. The second-order valence-corrected chi connectivity index (χ2v) is 4.80. The summed E-state index contributed by atoms with van der Waals surface area (Å²) in [6.45, 7) is 1.84. The summed E-state index contributed by atoms with van der Waals surface area (Å²) < 4.78 is 10.5. The Morgan fingerprint density at radius 1 is 1.45 bits per heavy atom. The van der Waals surface area contributed by atoms with Crippen molar-refractivity contribution in [1.29, 1.82) is 0 Å². The van der Waals surface area contributed by atoms with Gasteiger partial charge in [-0.3, -0.25) is 0 Å². The third-order valence-electron chi connectivity index (χ3n) is 3.51. The molecule has 0 saturated heterocycles. The zero-order chi connectivity index (χ0) is 13.9. The van der Waals surface area contributed by atoms with Crippen LogP contribution in [0.4, 0.5) is 5.69 Å². The largest absolute Gasteiger partial charge is 0.495 e. The number of methoxy groups -OCH3 is 1. The number of hydrogen-bond acceptors (Lipinski definition) is 6. The van der Waals surface area contributed by atoms with Crippen molar-refractivity contribution in [2.45, 2.75) is 25.9 Å². The molecule has 20 heavy (non-hydrogen) atoms. The minimum absolute atomic E-state index is 0.271. The van der Waals surface area contributed by atoms with Crippen molar-refractivity contribution < 1.29 is 9.26 Å². The highest BCUT2D eigenvalue weighted by Gasteiger charge is 2.22. The monoisotopic (exact) mass is 274 g/mol. The minimum Gasteiger partial charge on any atom is -0.495 e. The summed E-state index contributed by atoms with van der Waals surface area (Å²) in [5.41, 5.74) is 7.93. The Kier molecular flexibility index (Phi) is 3.56. The Labute approximate surface area is 117 Å². The van der Waals surface area contributed by atoms with E-state index in [9.17, 15) is 0 Å². The number of benzene rings is 1. The lowest BCUT2D eigenvalue weighted by Gasteiger charge is -2.31. The summed E-state index contributed by atoms with van der Waals surface area (Å²) in [5.74, 6) is 2.02. The van der Waals surface area contributed by atoms with Gasteiger partial charge in [-0.2, -0.15) is 4.98 Å². The number of aryl methyl sites for hydroxylation is 1. The minimum atomic E-state index is 0.271. The van der Waals surface area contributed by atoms with E-state index in [2.05, 4.69) is 21.1 Å². The highest BCUT2D eigenvalue weighted by Crippen LogP contribution is 2.36. The predicted molar refractivity (Wildman–Crippen MR) is 74.6 cm³/mol. The van der Waals surface area contributed by atoms with E-state index in [0.717, 1.165) is 30.8 Å². The zero-order valence-corrected chi connectivity index (χ0v) is 11.5. The maximum atomic E-state index is 5.49. The molecule has 1 aliphatic heterocycles. The first-order valence-electron chi connectivity index (χ1n) is 6.74. The Morgan fingerprint density at radius 3 is 3.10 bits per heavy atom. The van der Waals surface area contributed by atoms with Gasteiger partial charge >= 0.3 is 0 Å². The summed E-state index contributed by atoms with van der Waals surface area (Å²) in [6.07, 6.45) is 2.19. The predicted octanol–water partition coefficient (Wildman–Crippen LogP) is 1.49. The van der Waals surface area contributed by atoms with E-state index in [1.807, 2.05) is 12.1 Å². The molecule has 3 rings (SSSR count). The van der Waals surface area contributed by atoms with E-state index in [4.69, 9.17) is 15.0 Å². The second-order valence-electron chi connectivity index (χ2n) is 4.80. The molecular formula is C14H18N4O2. The highest BCUT2D eigenvalue weighted by molar-refractivity contribution is 5.65. The molecular weight excluding hydrogens is 256 g/mol. The Hall–Kier alpha value is -2.08. The van der Waals surface area contributed by atoms with Gasteiger partial charge in [0.05, 0.1) is 25.9 Å². The van der Waals surface area contributed by atoms with Gasteiger partial charge in [-0.05, 0) is 24.5 Å². The van der Waals surface area contributed by atoms with E-state index in [0.29, 0.717) is 18.3 Å². The summed E-state index contributed by atoms with van der Waals surface area (Å²) in [5, 5.41) is 3.96. The number of hydrogen-bond donors (Lipinski definition) is 1. The molecule has 0 spiro atoms. The third kappa shape index (κ3) is 2.34. The first-order chi connectivity index (χ1) is 9.81. The molecule has 0 unspecified atom stereocenters. The molecule has 2 heterocycles. The molecule has 0 saturated carbocycles. The van der Waals surface area contributed by atoms with Crippen LogP contribution in [0, 0.1) is 0 Å². The SMILES string of the molecule is COc1cccc2c1N(Cc1noc(CN)n1)CCC2. The van der Waals surface area contributed by atoms with E-state index in [1.165, 1.54) is 5.56 Å². The van der Waals surface area contributed by atoms with Crippen LogP contribution in [0.2, 0.25) is 0 Å². The van der Waals surface area contributed by atoms with Crippen LogP contribution in [0.5, 0.6) is 5.75 Å². The number of anilines is 1. The molecule has 2 aromatic rings. The van der Waals surface area contributed by atoms with Gasteiger partial charge in [-0.1, -0.05) is 17.3 Å². The average Bonchev–Trinajstić information content (AvgIpc) is 2.94. The lowest BCUT2D eigenvalue weighted by molar-refractivity contribution is 0.373. The molecule has 1 aromatic heterocycles. The summed E-state index contributed by atoms with van der Waals surface area (Å²) in [6, 6.07) is 6.16. The molecule has 6 heteroatoms. The van der Waals surface area contributed by atoms with Crippen LogP contribution < -0.4 is 15.4 Å². The molecule has 2 N–H and O–H groups in total. The van der Waals surface area contributed by atoms with Gasteiger partial charge in [-0.15, -0.1) is 0 Å². The molecule has 6 nitrogen and oxygen atoms in total. The molecule has 0 atom stereocenters. The first kappa shape index (κ1) is 12.9. The van der Waals surface area contributed by atoms with Crippen LogP contribution in [0.1, 0.15) is 23.7 Å². The summed E-state index contributed by atoms with van der Waals surface area (Å²) in [4.78, 5) is 6.50. The smallest absolute Gasteiger partial charge is 0.240 e. The number of nitrogens with zero attached hydrogens (tertiary/aromatic N) is 3. The highest BCUT2D eigenvalue weighted by atomic mass is 16.5. The van der Waals surface area contributed by atoms with Crippen molar-refractivity contribution >= 4 is 5.69 Å². The Bertz CT molecular complexity index is 582. The number of para-hydroxylation sites is 1. The van der Waals surface area contributed by atoms with Crippen molar-refractivity contribution in [3.8, 4) is 5.75 Å². The molecule has 0 aliphatic carbocycles. The van der Waals surface area contributed by atoms with Crippen LogP contribution in [-0.2, 0) is 19.5 Å². The second kappa shape index (κ2) is 5.50. The topological polar surface area (TPSA) is 77.4 Å². The number of ether oxygens (including phenoxy) is 1. The molecule has 0 bridgehead atoms. The van der Waals surface area contributed by atoms with E-state index in [1.54, 1.807) is 7.11 Å². The maximum absolute atomic E-state index is 5.49. The van der Waals surface area contributed by atoms with Crippen molar-refractivity contribution in [3.63, 3.8) is 0 Å². The van der Waals surface area contributed by atoms with Crippen LogP contribution in [-0.4, -0.2) is 23.8 Å². The van der Waals surface area contributed by atoms with Crippen molar-refractivity contribution in [3.05, 3.63) is 35.5 Å². The molecule has 1 aromatic carbocycles. The lowest BCUT2D eigenvalue weighted by atomic mass is 10.0. The number of rotatable bonds is 4. The van der Waals surface area contributed by atoms with E-state index < -0.39 is 0 Å². The normalized spacial score (nSPS) is 14.2. The van der Waals surface area contributed by atoms with Gasteiger partial charge in [0, 0.05) is 6.54 Å². The molecule has 0 amide bonds. The lowest BCUT2D eigenvalue weighted by Crippen LogP contribution is -2.29. The molecule has 106 valence electrons. The Balaban J connectivity index is 1.89. The zero-order valence-electron chi connectivity index (χ0n) is 11.5. The average molecular weight is 274 g/mol. The number of aromatic nitrogens is 2. The Morgan fingerprint density at radius 2 is 2.35 bits per heavy atom. The van der Waals surface area contributed by atoms with Crippen LogP contribution in [0.25, 0.3) is 0 Å². The maximum Gasteiger partial charge on any atom is 0.240 e. The van der Waals surface area contributed by atoms with E-state index in [-0.39, 0.29) is 6.54 Å². The van der Waals surface area contributed by atoms with Crippen molar-refractivity contribution in [2.24, 2.45) is 5.73 Å². The molecule has 1 aliphatic rings. The summed E-state index contributed by atoms with van der Waals surface area (Å²) >= 11 is 0. The fourth-order valence-electron chi connectivity index (χ4n) is 2.63. The van der Waals surface area contributed by atoms with Crippen molar-refractivity contribution in [2.75, 3.05) is 18.6 Å². The fraction of sp³-hybridized carbons (Fsp3) is 0.429. The van der Waals surface area contributed by atoms with Crippen LogP contribution in [0.3, 0.4) is 0 Å². The van der Waals surface area contributed by atoms with Crippen LogP contribution >= 0.6 is 0 Å². The number of nitrogens with two attached hydrogens (primary N) is 1. The number of fused-ring (bicyclic) bond motifs is 1. The standard InChI is InChI=1S/C14H18N4O2/c1-19-11-6-2-4-10-5-3-7-18(14(10)11)9-12-16-13(8-15)20-17-12/h2,4,6H,3,5,7-9,15H2,1H3. The van der Waals surface area contributed by atoms with Crippen molar-refractivity contribution in [1.82, 2.24) is 10.1 Å². The molecule has 0 radical (unpaired) electrons. The van der Waals surface area contributed by atoms with Crippen LogP contribution in [0.15, 0.2) is 22.7 Å². The fourth-order valence-corrected chi connectivity index (χ4v) is 2.63. The molecule has 0 fully saturated rings. The van der Waals surface area contributed by atoms with Gasteiger partial charge in [-0.25, -0.2) is 0 Å². The van der Waals surface area contributed by atoms with E-state index >= 15 is 0 Å². The third-order valence-corrected chi connectivity index (χ3v) is 3.51. The van der Waals surface area contributed by atoms with Gasteiger partial charge in [0.15, 0.2) is 5.82 Å². The van der Waals surface area contributed by atoms with Gasteiger partial charge < -0.3 is 19.9 Å². The van der Waals surface area contributed by atoms with Gasteiger partial charge in [0.1, 0.15) is 5.75 Å².